The van der Waals surface area contributed by atoms with Crippen molar-refractivity contribution in [3.63, 3.8) is 0 Å². The number of aromatic nitrogens is 2. The number of hydrogen-bond donors (Lipinski definition) is 0. The molecule has 0 unspecified atom stereocenters. The van der Waals surface area contributed by atoms with E-state index in [1.54, 1.807) is 24.5 Å². The molecule has 0 fully saturated rings. The van der Waals surface area contributed by atoms with Crippen LogP contribution in [0, 0.1) is 0 Å². The highest BCUT2D eigenvalue weighted by Crippen LogP contribution is 2.25. The standard InChI is InChI=1S/C15H16BrN3O2/c1-15(2,3)21-14(20)19(12-7-5-4-6-8-12)13-17-9-11(16)10-18-13/h4-10H,1-3H3. The van der Waals surface area contributed by atoms with Gasteiger partial charge in [-0.05, 0) is 48.8 Å². The lowest BCUT2D eigenvalue weighted by atomic mass is 10.2. The Morgan fingerprint density at radius 1 is 1.14 bits per heavy atom. The number of anilines is 2. The van der Waals surface area contributed by atoms with Crippen molar-refractivity contribution in [3.05, 3.63) is 47.2 Å². The molecule has 0 bridgehead atoms. The number of halogens is 1. The first-order valence-electron chi connectivity index (χ1n) is 6.42. The van der Waals surface area contributed by atoms with Crippen LogP contribution in [0.5, 0.6) is 0 Å². The third-order valence-electron chi connectivity index (χ3n) is 2.40. The van der Waals surface area contributed by atoms with E-state index in [1.807, 2.05) is 39.0 Å². The molecule has 21 heavy (non-hydrogen) atoms. The van der Waals surface area contributed by atoms with Crippen molar-refractivity contribution >= 4 is 33.7 Å². The van der Waals surface area contributed by atoms with Gasteiger partial charge in [-0.3, -0.25) is 0 Å². The fourth-order valence-corrected chi connectivity index (χ4v) is 1.81. The largest absolute Gasteiger partial charge is 0.443 e. The Labute approximate surface area is 132 Å². The molecule has 1 aromatic heterocycles. The average Bonchev–Trinajstić information content (AvgIpc) is 2.40. The van der Waals surface area contributed by atoms with Gasteiger partial charge in [-0.25, -0.2) is 19.7 Å². The van der Waals surface area contributed by atoms with Crippen LogP contribution in [0.1, 0.15) is 20.8 Å². The Kier molecular flexibility index (Phi) is 4.57. The first-order chi connectivity index (χ1) is 9.87. The molecule has 110 valence electrons. The molecule has 0 aliphatic rings. The molecule has 2 rings (SSSR count). The second-order valence-electron chi connectivity index (χ2n) is 5.35. The number of nitrogens with zero attached hydrogens (tertiary/aromatic N) is 3. The van der Waals surface area contributed by atoms with E-state index in [1.165, 1.54) is 4.90 Å². The van der Waals surface area contributed by atoms with Gasteiger partial charge in [0, 0.05) is 12.4 Å². The van der Waals surface area contributed by atoms with E-state index in [2.05, 4.69) is 25.9 Å². The van der Waals surface area contributed by atoms with E-state index in [0.717, 1.165) is 4.47 Å². The van der Waals surface area contributed by atoms with Gasteiger partial charge in [0.25, 0.3) is 0 Å². The van der Waals surface area contributed by atoms with E-state index in [9.17, 15) is 4.79 Å². The topological polar surface area (TPSA) is 55.3 Å². The van der Waals surface area contributed by atoms with Crippen LogP contribution in [0.2, 0.25) is 0 Å². The van der Waals surface area contributed by atoms with Crippen LogP contribution < -0.4 is 4.90 Å². The zero-order valence-corrected chi connectivity index (χ0v) is 13.7. The molecule has 0 radical (unpaired) electrons. The summed E-state index contributed by atoms with van der Waals surface area (Å²) in [7, 11) is 0. The number of ether oxygens (including phenoxy) is 1. The van der Waals surface area contributed by atoms with Gasteiger partial charge in [0.05, 0.1) is 10.2 Å². The molecule has 0 spiro atoms. The van der Waals surface area contributed by atoms with Crippen LogP contribution in [0.4, 0.5) is 16.4 Å². The molecule has 0 aliphatic heterocycles. The molecule has 0 atom stereocenters. The maximum absolute atomic E-state index is 12.5. The van der Waals surface area contributed by atoms with Crippen molar-refractivity contribution in [1.82, 2.24) is 9.97 Å². The summed E-state index contributed by atoms with van der Waals surface area (Å²) >= 11 is 3.28. The Morgan fingerprint density at radius 2 is 1.71 bits per heavy atom. The molecule has 1 amide bonds. The molecule has 0 saturated heterocycles. The Morgan fingerprint density at radius 3 is 2.24 bits per heavy atom. The van der Waals surface area contributed by atoms with E-state index in [-0.39, 0.29) is 5.95 Å². The van der Waals surface area contributed by atoms with Crippen molar-refractivity contribution in [2.75, 3.05) is 4.90 Å². The van der Waals surface area contributed by atoms with Gasteiger partial charge in [-0.15, -0.1) is 0 Å². The zero-order chi connectivity index (χ0) is 15.5. The lowest BCUT2D eigenvalue weighted by Crippen LogP contribution is -2.34. The Balaban J connectivity index is 2.40. The van der Waals surface area contributed by atoms with Crippen LogP contribution in [-0.2, 0) is 4.74 Å². The highest BCUT2D eigenvalue weighted by Gasteiger charge is 2.26. The zero-order valence-electron chi connectivity index (χ0n) is 12.1. The third-order valence-corrected chi connectivity index (χ3v) is 2.81. The second-order valence-corrected chi connectivity index (χ2v) is 6.27. The van der Waals surface area contributed by atoms with Gasteiger partial charge in [0.2, 0.25) is 5.95 Å². The molecule has 0 aliphatic carbocycles. The molecule has 1 heterocycles. The first-order valence-corrected chi connectivity index (χ1v) is 7.22. The molecular formula is C15H16BrN3O2. The molecule has 6 heteroatoms. The summed E-state index contributed by atoms with van der Waals surface area (Å²) in [5.41, 5.74) is 0.0495. The summed E-state index contributed by atoms with van der Waals surface area (Å²) < 4.78 is 6.17. The first kappa shape index (κ1) is 15.4. The predicted molar refractivity (Wildman–Crippen MR) is 84.5 cm³/mol. The van der Waals surface area contributed by atoms with Gasteiger partial charge in [0.1, 0.15) is 5.60 Å². The number of amides is 1. The van der Waals surface area contributed by atoms with Crippen LogP contribution >= 0.6 is 15.9 Å². The fourth-order valence-electron chi connectivity index (χ4n) is 1.61. The predicted octanol–water partition coefficient (Wildman–Crippen LogP) is 4.31. The Hall–Kier alpha value is -1.95. The number of carbonyl (C=O) groups excluding carboxylic acids is 1. The molecule has 2 aromatic rings. The summed E-state index contributed by atoms with van der Waals surface area (Å²) in [5, 5.41) is 0. The monoisotopic (exact) mass is 349 g/mol. The SMILES string of the molecule is CC(C)(C)OC(=O)N(c1ccccc1)c1ncc(Br)cn1. The molecule has 1 aromatic carbocycles. The van der Waals surface area contributed by atoms with E-state index in [4.69, 9.17) is 4.74 Å². The van der Waals surface area contributed by atoms with E-state index < -0.39 is 11.7 Å². The quantitative estimate of drug-likeness (QED) is 0.810. The van der Waals surface area contributed by atoms with Crippen molar-refractivity contribution in [2.24, 2.45) is 0 Å². The maximum Gasteiger partial charge on any atom is 0.421 e. The number of benzene rings is 1. The summed E-state index contributed by atoms with van der Waals surface area (Å²) in [6.45, 7) is 5.45. The van der Waals surface area contributed by atoms with Crippen molar-refractivity contribution in [2.45, 2.75) is 26.4 Å². The highest BCUT2D eigenvalue weighted by atomic mass is 79.9. The number of para-hydroxylation sites is 1. The third kappa shape index (κ3) is 4.26. The van der Waals surface area contributed by atoms with Gasteiger partial charge in [0.15, 0.2) is 0 Å². The number of rotatable bonds is 2. The van der Waals surface area contributed by atoms with Gasteiger partial charge >= 0.3 is 6.09 Å². The smallest absolute Gasteiger partial charge is 0.421 e. The summed E-state index contributed by atoms with van der Waals surface area (Å²) in [4.78, 5) is 22.1. The average molecular weight is 350 g/mol. The maximum atomic E-state index is 12.5. The van der Waals surface area contributed by atoms with Gasteiger partial charge in [-0.1, -0.05) is 18.2 Å². The molecule has 5 nitrogen and oxygen atoms in total. The van der Waals surface area contributed by atoms with E-state index >= 15 is 0 Å². The van der Waals surface area contributed by atoms with Crippen molar-refractivity contribution < 1.29 is 9.53 Å². The lowest BCUT2D eigenvalue weighted by molar-refractivity contribution is 0.0597. The van der Waals surface area contributed by atoms with Crippen LogP contribution in [0.3, 0.4) is 0 Å². The number of hydrogen-bond acceptors (Lipinski definition) is 4. The molecule has 0 saturated carbocycles. The summed E-state index contributed by atoms with van der Waals surface area (Å²) in [5.74, 6) is 0.263. The minimum atomic E-state index is -0.598. The summed E-state index contributed by atoms with van der Waals surface area (Å²) in [6, 6.07) is 9.15. The summed E-state index contributed by atoms with van der Waals surface area (Å²) in [6.07, 6.45) is 2.65. The van der Waals surface area contributed by atoms with Crippen LogP contribution in [-0.4, -0.2) is 21.7 Å². The highest BCUT2D eigenvalue weighted by molar-refractivity contribution is 9.10. The Bertz CT molecular complexity index is 609. The van der Waals surface area contributed by atoms with Crippen molar-refractivity contribution in [3.8, 4) is 0 Å². The van der Waals surface area contributed by atoms with Crippen LogP contribution in [0.15, 0.2) is 47.2 Å². The van der Waals surface area contributed by atoms with Gasteiger partial charge in [-0.2, -0.15) is 0 Å². The fraction of sp³-hybridized carbons (Fsp3) is 0.267. The van der Waals surface area contributed by atoms with Gasteiger partial charge < -0.3 is 4.74 Å². The molecular weight excluding hydrogens is 334 g/mol. The minimum absolute atomic E-state index is 0.263. The van der Waals surface area contributed by atoms with E-state index in [0.29, 0.717) is 5.69 Å². The number of carbonyl (C=O) groups is 1. The second kappa shape index (κ2) is 6.22. The van der Waals surface area contributed by atoms with Crippen LogP contribution in [0.25, 0.3) is 0 Å². The van der Waals surface area contributed by atoms with Crippen molar-refractivity contribution in [1.29, 1.82) is 0 Å². The molecule has 0 N–H and O–H groups in total. The minimum Gasteiger partial charge on any atom is -0.443 e. The normalized spacial score (nSPS) is 11.0. The lowest BCUT2D eigenvalue weighted by Gasteiger charge is -2.26.